The van der Waals surface area contributed by atoms with E-state index in [4.69, 9.17) is 9.47 Å². The minimum atomic E-state index is 0.751. The Morgan fingerprint density at radius 3 is 2.11 bits per heavy atom. The maximum atomic E-state index is 5.80. The van der Waals surface area contributed by atoms with Gasteiger partial charge in [0.2, 0.25) is 0 Å². The minimum Gasteiger partial charge on any atom is -0.490 e. The second kappa shape index (κ2) is 8.84. The van der Waals surface area contributed by atoms with Gasteiger partial charge in [-0.3, -0.25) is 0 Å². The lowest BCUT2D eigenvalue weighted by Crippen LogP contribution is -2.02. The molecule has 0 aromatic heterocycles. The lowest BCUT2D eigenvalue weighted by atomic mass is 10.1. The van der Waals surface area contributed by atoms with Crippen LogP contribution in [0.4, 0.5) is 0 Å². The van der Waals surface area contributed by atoms with Gasteiger partial charge in [0, 0.05) is 0 Å². The van der Waals surface area contributed by atoms with E-state index in [1.165, 1.54) is 5.56 Å². The molecule has 1 radical (unpaired) electrons. The van der Waals surface area contributed by atoms with E-state index < -0.39 is 0 Å². The van der Waals surface area contributed by atoms with Gasteiger partial charge in [-0.05, 0) is 43.9 Å². The molecule has 0 aliphatic rings. The lowest BCUT2D eigenvalue weighted by molar-refractivity contribution is 0.261. The predicted molar refractivity (Wildman–Crippen MR) is 76.3 cm³/mol. The molecule has 0 N–H and O–H groups in total. The molecule has 0 fully saturated rings. The van der Waals surface area contributed by atoms with E-state index in [0.717, 1.165) is 56.8 Å². The molecule has 18 heavy (non-hydrogen) atoms. The highest BCUT2D eigenvalue weighted by atomic mass is 16.5. The Morgan fingerprint density at radius 1 is 0.944 bits per heavy atom. The molecule has 0 aliphatic heterocycles. The van der Waals surface area contributed by atoms with Crippen LogP contribution in [-0.2, 0) is 6.42 Å². The summed E-state index contributed by atoms with van der Waals surface area (Å²) in [5.74, 6) is 1.72. The molecule has 0 atom stereocenters. The van der Waals surface area contributed by atoms with Crippen LogP contribution in [0.1, 0.15) is 45.1 Å². The molecule has 1 aromatic carbocycles. The van der Waals surface area contributed by atoms with Gasteiger partial charge < -0.3 is 9.47 Å². The largest absolute Gasteiger partial charge is 0.490 e. The number of hydrogen-bond acceptors (Lipinski definition) is 2. The van der Waals surface area contributed by atoms with E-state index in [-0.39, 0.29) is 0 Å². The zero-order valence-corrected chi connectivity index (χ0v) is 11.7. The van der Waals surface area contributed by atoms with E-state index >= 15 is 0 Å². The van der Waals surface area contributed by atoms with Crippen molar-refractivity contribution in [3.63, 3.8) is 0 Å². The van der Waals surface area contributed by atoms with Crippen molar-refractivity contribution in [1.82, 2.24) is 0 Å². The number of benzene rings is 1. The Labute approximate surface area is 111 Å². The Kier molecular flexibility index (Phi) is 7.31. The normalized spacial score (nSPS) is 10.4. The van der Waals surface area contributed by atoms with Crippen molar-refractivity contribution in [2.24, 2.45) is 0 Å². The highest BCUT2D eigenvalue weighted by Gasteiger charge is 2.06. The summed E-state index contributed by atoms with van der Waals surface area (Å²) in [4.78, 5) is 0. The Hall–Kier alpha value is -1.18. The van der Waals surface area contributed by atoms with Gasteiger partial charge in [-0.2, -0.15) is 0 Å². The first kappa shape index (κ1) is 14.9. The fourth-order valence-corrected chi connectivity index (χ4v) is 1.59. The summed E-state index contributed by atoms with van der Waals surface area (Å²) in [5.41, 5.74) is 1.18. The van der Waals surface area contributed by atoms with E-state index in [1.807, 2.05) is 12.1 Å². The monoisotopic (exact) mass is 249 g/mol. The Balaban J connectivity index is 2.66. The van der Waals surface area contributed by atoms with Crippen molar-refractivity contribution in [2.75, 3.05) is 13.2 Å². The van der Waals surface area contributed by atoms with Gasteiger partial charge in [-0.15, -0.1) is 0 Å². The van der Waals surface area contributed by atoms with Crippen LogP contribution >= 0.6 is 0 Å². The van der Waals surface area contributed by atoms with Crippen molar-refractivity contribution >= 4 is 0 Å². The molecule has 1 rings (SSSR count). The summed E-state index contributed by atoms with van der Waals surface area (Å²) in [6.07, 6.45) is 5.21. The quantitative estimate of drug-likeness (QED) is 0.603. The number of hydrogen-bond donors (Lipinski definition) is 0. The molecule has 0 amide bonds. The average molecular weight is 249 g/mol. The topological polar surface area (TPSA) is 18.5 Å². The Bertz CT molecular complexity index is 334. The van der Waals surface area contributed by atoms with Gasteiger partial charge in [0.05, 0.1) is 13.2 Å². The fraction of sp³-hybridized carbons (Fsp3) is 0.562. The molecular weight excluding hydrogens is 224 g/mol. The second-order valence-electron chi connectivity index (χ2n) is 4.44. The van der Waals surface area contributed by atoms with E-state index in [2.05, 4.69) is 26.8 Å². The van der Waals surface area contributed by atoms with Crippen LogP contribution < -0.4 is 9.47 Å². The third kappa shape index (κ3) is 4.99. The third-order valence-electron chi connectivity index (χ3n) is 2.81. The van der Waals surface area contributed by atoms with Crippen molar-refractivity contribution in [3.8, 4) is 11.5 Å². The predicted octanol–water partition coefficient (Wildman–Crippen LogP) is 4.42. The molecule has 1 aromatic rings. The van der Waals surface area contributed by atoms with Gasteiger partial charge in [-0.25, -0.2) is 0 Å². The lowest BCUT2D eigenvalue weighted by Gasteiger charge is -2.13. The van der Waals surface area contributed by atoms with Crippen molar-refractivity contribution in [3.05, 3.63) is 30.7 Å². The fourth-order valence-electron chi connectivity index (χ4n) is 1.59. The molecule has 0 unspecified atom stereocenters. The molecule has 0 bridgehead atoms. The molecule has 0 aliphatic carbocycles. The molecular formula is C16H25O2. The van der Waals surface area contributed by atoms with Crippen LogP contribution in [0.25, 0.3) is 0 Å². The van der Waals surface area contributed by atoms with Gasteiger partial charge in [0.15, 0.2) is 11.5 Å². The SMILES string of the molecule is [CH2]Cc1ccc(OCCCC)c(OCCCC)c1. The smallest absolute Gasteiger partial charge is 0.161 e. The van der Waals surface area contributed by atoms with Crippen LogP contribution in [0, 0.1) is 6.92 Å². The number of unbranched alkanes of at least 4 members (excludes halogenated alkanes) is 2. The van der Waals surface area contributed by atoms with Crippen LogP contribution in [0.15, 0.2) is 18.2 Å². The molecule has 0 saturated carbocycles. The molecule has 0 spiro atoms. The van der Waals surface area contributed by atoms with Gasteiger partial charge in [0.1, 0.15) is 0 Å². The molecule has 2 heteroatoms. The molecule has 0 heterocycles. The third-order valence-corrected chi connectivity index (χ3v) is 2.81. The van der Waals surface area contributed by atoms with Crippen molar-refractivity contribution in [1.29, 1.82) is 0 Å². The number of rotatable bonds is 9. The first-order valence-electron chi connectivity index (χ1n) is 6.99. The molecule has 101 valence electrons. The molecule has 0 saturated heterocycles. The summed E-state index contributed by atoms with van der Waals surface area (Å²) < 4.78 is 11.6. The second-order valence-corrected chi connectivity index (χ2v) is 4.44. The molecule has 2 nitrogen and oxygen atoms in total. The maximum Gasteiger partial charge on any atom is 0.161 e. The summed E-state index contributed by atoms with van der Waals surface area (Å²) >= 11 is 0. The van der Waals surface area contributed by atoms with Gasteiger partial charge >= 0.3 is 0 Å². The first-order chi connectivity index (χ1) is 8.81. The van der Waals surface area contributed by atoms with Crippen LogP contribution in [0.5, 0.6) is 11.5 Å². The average Bonchev–Trinajstić information content (AvgIpc) is 2.40. The van der Waals surface area contributed by atoms with Gasteiger partial charge in [-0.1, -0.05) is 32.8 Å². The van der Waals surface area contributed by atoms with E-state index in [1.54, 1.807) is 0 Å². The standard InChI is InChI=1S/C16H25O2/c1-4-7-11-17-15-10-9-14(6-3)13-16(15)18-12-8-5-2/h9-10,13H,3-8,11-12H2,1-2H3. The summed E-state index contributed by atoms with van der Waals surface area (Å²) in [6, 6.07) is 6.10. The number of ether oxygens (including phenoxy) is 2. The van der Waals surface area contributed by atoms with Crippen LogP contribution in [-0.4, -0.2) is 13.2 Å². The summed E-state index contributed by atoms with van der Waals surface area (Å²) in [7, 11) is 0. The van der Waals surface area contributed by atoms with Crippen molar-refractivity contribution < 1.29 is 9.47 Å². The van der Waals surface area contributed by atoms with E-state index in [0.29, 0.717) is 0 Å². The maximum absolute atomic E-state index is 5.80. The van der Waals surface area contributed by atoms with Crippen LogP contribution in [0.3, 0.4) is 0 Å². The minimum absolute atomic E-state index is 0.751. The van der Waals surface area contributed by atoms with Crippen LogP contribution in [0.2, 0.25) is 0 Å². The summed E-state index contributed by atoms with van der Waals surface area (Å²) in [5, 5.41) is 0. The van der Waals surface area contributed by atoms with Gasteiger partial charge in [0.25, 0.3) is 0 Å². The highest BCUT2D eigenvalue weighted by Crippen LogP contribution is 2.29. The first-order valence-corrected chi connectivity index (χ1v) is 6.99. The Morgan fingerprint density at radius 2 is 1.56 bits per heavy atom. The zero-order chi connectivity index (χ0) is 13.2. The zero-order valence-electron chi connectivity index (χ0n) is 11.7. The highest BCUT2D eigenvalue weighted by molar-refractivity contribution is 5.43. The van der Waals surface area contributed by atoms with Crippen molar-refractivity contribution in [2.45, 2.75) is 46.0 Å². The van der Waals surface area contributed by atoms with E-state index in [9.17, 15) is 0 Å². The summed E-state index contributed by atoms with van der Waals surface area (Å²) in [6.45, 7) is 9.73.